The minimum Gasteiger partial charge on any atom is -0.456 e. The molecule has 4 heterocycles. The Morgan fingerprint density at radius 1 is 0.349 bits per heavy atom. The van der Waals surface area contributed by atoms with E-state index in [4.69, 9.17) is 19.4 Å². The Labute approximate surface area is 365 Å². The van der Waals surface area contributed by atoms with E-state index in [1.807, 2.05) is 41.7 Å². The zero-order chi connectivity index (χ0) is 41.4. The molecule has 0 spiro atoms. The molecule has 6 heteroatoms. The Bertz CT molecular complexity index is 3910. The number of benzene rings is 9. The average molecular weight is 823 g/mol. The van der Waals surface area contributed by atoms with Crippen LogP contribution < -0.4 is 0 Å². The summed E-state index contributed by atoms with van der Waals surface area (Å²) >= 11 is 1.84. The summed E-state index contributed by atoms with van der Waals surface area (Å²) in [4.78, 5) is 15.7. The second kappa shape index (κ2) is 14.2. The van der Waals surface area contributed by atoms with Crippen LogP contribution in [0.25, 0.3) is 126 Å². The smallest absolute Gasteiger partial charge is 0.164 e. The van der Waals surface area contributed by atoms with Gasteiger partial charge >= 0.3 is 0 Å². The quantitative estimate of drug-likeness (QED) is 0.168. The topological polar surface area (TPSA) is 56.7 Å². The van der Waals surface area contributed by atoms with Gasteiger partial charge in [-0.1, -0.05) is 140 Å². The summed E-state index contributed by atoms with van der Waals surface area (Å²) in [5.41, 5.74) is 12.5. The molecule has 0 fully saturated rings. The molecular weight excluding hydrogens is 789 g/mol. The van der Waals surface area contributed by atoms with Gasteiger partial charge in [-0.15, -0.1) is 11.3 Å². The maximum atomic E-state index is 6.61. The van der Waals surface area contributed by atoms with E-state index in [9.17, 15) is 0 Å². The number of hydrogen-bond acceptors (Lipinski definition) is 5. The molecule has 0 radical (unpaired) electrons. The van der Waals surface area contributed by atoms with Crippen LogP contribution in [-0.2, 0) is 0 Å². The largest absolute Gasteiger partial charge is 0.456 e. The van der Waals surface area contributed by atoms with Crippen molar-refractivity contribution in [3.05, 3.63) is 206 Å². The number of nitrogens with zero attached hydrogens (tertiary/aromatic N) is 4. The van der Waals surface area contributed by atoms with Crippen molar-refractivity contribution in [1.82, 2.24) is 19.5 Å². The van der Waals surface area contributed by atoms with Gasteiger partial charge in [0, 0.05) is 64.1 Å². The molecule has 0 aliphatic heterocycles. The first kappa shape index (κ1) is 35.6. The molecule has 0 bridgehead atoms. The predicted molar refractivity (Wildman–Crippen MR) is 262 cm³/mol. The summed E-state index contributed by atoms with van der Waals surface area (Å²) in [7, 11) is 0. The zero-order valence-corrected chi connectivity index (χ0v) is 34.6. The van der Waals surface area contributed by atoms with E-state index in [1.54, 1.807) is 0 Å². The number of aromatic nitrogens is 4. The van der Waals surface area contributed by atoms with Crippen molar-refractivity contribution in [3.63, 3.8) is 0 Å². The van der Waals surface area contributed by atoms with Gasteiger partial charge in [-0.2, -0.15) is 0 Å². The van der Waals surface area contributed by atoms with Crippen LogP contribution in [0.15, 0.2) is 211 Å². The van der Waals surface area contributed by atoms with Gasteiger partial charge in [-0.25, -0.2) is 15.0 Å². The highest BCUT2D eigenvalue weighted by Crippen LogP contribution is 2.46. The standard InChI is InChI=1S/C57H34N4OS/c1-4-15-35(16-5-1)40-22-13-27-50-53(40)54-41(23-14-28-51(54)63-50)37-30-32-48-45(33-37)52-43(24-12-26-49(52)62-48)57-59-55(36-17-6-2-7-18-36)58-56(60-57)38-29-31-47-44(34-38)42-21-10-11-25-46(42)61(47)39-19-8-3-9-20-39/h1-34H. The first-order chi connectivity index (χ1) is 31.2. The van der Waals surface area contributed by atoms with E-state index in [2.05, 4.69) is 180 Å². The highest BCUT2D eigenvalue weighted by molar-refractivity contribution is 7.26. The lowest BCUT2D eigenvalue weighted by atomic mass is 9.94. The van der Waals surface area contributed by atoms with Crippen LogP contribution in [0.2, 0.25) is 0 Å². The molecule has 5 nitrogen and oxygen atoms in total. The number of rotatable bonds is 6. The fourth-order valence-corrected chi connectivity index (χ4v) is 10.6. The van der Waals surface area contributed by atoms with Crippen molar-refractivity contribution in [2.24, 2.45) is 0 Å². The third-order valence-corrected chi connectivity index (χ3v) is 13.4. The molecule has 0 unspecified atom stereocenters. The monoisotopic (exact) mass is 822 g/mol. The Kier molecular flexibility index (Phi) is 8.01. The first-order valence-corrected chi connectivity index (χ1v) is 21.9. The lowest BCUT2D eigenvalue weighted by Gasteiger charge is -2.10. The molecule has 0 aliphatic rings. The third-order valence-electron chi connectivity index (χ3n) is 12.3. The second-order valence-electron chi connectivity index (χ2n) is 15.9. The Morgan fingerprint density at radius 3 is 1.68 bits per heavy atom. The van der Waals surface area contributed by atoms with Gasteiger partial charge in [0.25, 0.3) is 0 Å². The molecule has 0 atom stereocenters. The van der Waals surface area contributed by atoms with E-state index in [0.29, 0.717) is 17.5 Å². The fraction of sp³-hybridized carbons (Fsp3) is 0. The van der Waals surface area contributed by atoms with Gasteiger partial charge in [0.15, 0.2) is 17.5 Å². The number of fused-ring (bicyclic) bond motifs is 9. The molecule has 294 valence electrons. The number of para-hydroxylation sites is 2. The molecule has 4 aromatic heterocycles. The molecule has 13 rings (SSSR count). The lowest BCUT2D eigenvalue weighted by molar-refractivity contribution is 0.669. The van der Waals surface area contributed by atoms with Crippen molar-refractivity contribution in [3.8, 4) is 62.1 Å². The maximum Gasteiger partial charge on any atom is 0.164 e. The summed E-state index contributed by atoms with van der Waals surface area (Å²) in [5.74, 6) is 1.80. The van der Waals surface area contributed by atoms with E-state index in [1.165, 1.54) is 42.2 Å². The van der Waals surface area contributed by atoms with Crippen molar-refractivity contribution in [1.29, 1.82) is 0 Å². The first-order valence-electron chi connectivity index (χ1n) is 21.1. The van der Waals surface area contributed by atoms with Crippen molar-refractivity contribution in [2.75, 3.05) is 0 Å². The Morgan fingerprint density at radius 2 is 0.921 bits per heavy atom. The van der Waals surface area contributed by atoms with E-state index in [0.717, 1.165) is 66.3 Å². The Hall–Kier alpha value is -8.19. The van der Waals surface area contributed by atoms with Gasteiger partial charge in [0.2, 0.25) is 0 Å². The SMILES string of the molecule is c1ccc(-c2nc(-c3ccc4c(c3)c3ccccc3n4-c3ccccc3)nc(-c3cccc4oc5ccc(-c6cccc7sc8cccc(-c9ccccc9)c8c67)cc5c34)n2)cc1. The molecule has 0 aliphatic carbocycles. The fourth-order valence-electron chi connectivity index (χ4n) is 9.46. The van der Waals surface area contributed by atoms with Crippen LogP contribution in [0.5, 0.6) is 0 Å². The Balaban J connectivity index is 1.01. The van der Waals surface area contributed by atoms with Crippen molar-refractivity contribution in [2.45, 2.75) is 0 Å². The number of thiophene rings is 1. The predicted octanol–water partition coefficient (Wildman–Crippen LogP) is 15.6. The van der Waals surface area contributed by atoms with Crippen LogP contribution in [0.1, 0.15) is 0 Å². The van der Waals surface area contributed by atoms with Gasteiger partial charge in [0.05, 0.1) is 11.0 Å². The second-order valence-corrected chi connectivity index (χ2v) is 17.0. The highest BCUT2D eigenvalue weighted by Gasteiger charge is 2.21. The molecule has 0 saturated carbocycles. The minimum atomic E-state index is 0.586. The summed E-state index contributed by atoms with van der Waals surface area (Å²) in [6, 6.07) is 72.6. The van der Waals surface area contributed by atoms with Gasteiger partial charge in [-0.3, -0.25) is 0 Å². The average Bonchev–Trinajstić information content (AvgIpc) is 4.04. The van der Waals surface area contributed by atoms with Crippen LogP contribution in [0, 0.1) is 0 Å². The third kappa shape index (κ3) is 5.73. The van der Waals surface area contributed by atoms with Crippen LogP contribution in [0.3, 0.4) is 0 Å². The van der Waals surface area contributed by atoms with Crippen LogP contribution in [-0.4, -0.2) is 19.5 Å². The zero-order valence-electron chi connectivity index (χ0n) is 33.7. The summed E-state index contributed by atoms with van der Waals surface area (Å²) in [5, 5.41) is 6.84. The van der Waals surface area contributed by atoms with Crippen molar-refractivity contribution >= 4 is 75.3 Å². The summed E-state index contributed by atoms with van der Waals surface area (Å²) in [6.45, 7) is 0. The lowest BCUT2D eigenvalue weighted by Crippen LogP contribution is -2.00. The molecule has 63 heavy (non-hydrogen) atoms. The van der Waals surface area contributed by atoms with E-state index in [-0.39, 0.29) is 0 Å². The molecule has 0 N–H and O–H groups in total. The van der Waals surface area contributed by atoms with Crippen molar-refractivity contribution < 1.29 is 4.42 Å². The molecular formula is C57H34N4OS. The van der Waals surface area contributed by atoms with Crippen LogP contribution in [0.4, 0.5) is 0 Å². The summed E-state index contributed by atoms with van der Waals surface area (Å²) < 4.78 is 11.5. The van der Waals surface area contributed by atoms with Crippen LogP contribution >= 0.6 is 11.3 Å². The number of hydrogen-bond donors (Lipinski definition) is 0. The normalized spacial score (nSPS) is 11.8. The van der Waals surface area contributed by atoms with E-state index < -0.39 is 0 Å². The molecule has 13 aromatic rings. The highest BCUT2D eigenvalue weighted by atomic mass is 32.1. The van der Waals surface area contributed by atoms with Gasteiger partial charge in [-0.05, 0) is 89.0 Å². The molecule has 0 amide bonds. The maximum absolute atomic E-state index is 6.61. The minimum absolute atomic E-state index is 0.586. The van der Waals surface area contributed by atoms with Gasteiger partial charge in [0.1, 0.15) is 11.2 Å². The molecule has 9 aromatic carbocycles. The van der Waals surface area contributed by atoms with E-state index >= 15 is 0 Å². The summed E-state index contributed by atoms with van der Waals surface area (Å²) in [6.07, 6.45) is 0. The number of furan rings is 1. The molecule has 0 saturated heterocycles. The van der Waals surface area contributed by atoms with Gasteiger partial charge < -0.3 is 8.98 Å².